The van der Waals surface area contributed by atoms with Gasteiger partial charge in [0.15, 0.2) is 0 Å². The Kier molecular flexibility index (Phi) is 3.36. The predicted molar refractivity (Wildman–Crippen MR) is 53.5 cm³/mol. The molecule has 15 heavy (non-hydrogen) atoms. The summed E-state index contributed by atoms with van der Waals surface area (Å²) in [7, 11) is 0. The SMILES string of the molecule is C[C@H]1CN(C(F)(F)F)CCN1C(C)(C)C. The van der Waals surface area contributed by atoms with E-state index in [-0.39, 0.29) is 24.7 Å². The van der Waals surface area contributed by atoms with E-state index in [2.05, 4.69) is 4.90 Å². The smallest absolute Gasteiger partial charge is 0.293 e. The summed E-state index contributed by atoms with van der Waals surface area (Å²) in [5.41, 5.74) is -0.0584. The van der Waals surface area contributed by atoms with E-state index in [0.717, 1.165) is 0 Å². The van der Waals surface area contributed by atoms with Crippen molar-refractivity contribution in [2.24, 2.45) is 0 Å². The molecule has 1 aliphatic heterocycles. The Balaban J connectivity index is 2.64. The van der Waals surface area contributed by atoms with Gasteiger partial charge in [-0.3, -0.25) is 4.90 Å². The van der Waals surface area contributed by atoms with Gasteiger partial charge >= 0.3 is 6.30 Å². The number of piperazine rings is 1. The highest BCUT2D eigenvalue weighted by Gasteiger charge is 2.42. The first-order chi connectivity index (χ1) is 6.62. The van der Waals surface area contributed by atoms with Crippen LogP contribution in [0.15, 0.2) is 0 Å². The van der Waals surface area contributed by atoms with Gasteiger partial charge in [0.05, 0.1) is 0 Å². The summed E-state index contributed by atoms with van der Waals surface area (Å²) in [6, 6.07) is -0.0552. The van der Waals surface area contributed by atoms with Gasteiger partial charge in [-0.15, -0.1) is 0 Å². The molecule has 0 saturated carbocycles. The Labute approximate surface area is 89.0 Å². The molecule has 0 radical (unpaired) electrons. The molecular formula is C10H19F3N2. The lowest BCUT2D eigenvalue weighted by Crippen LogP contribution is -2.60. The highest BCUT2D eigenvalue weighted by Crippen LogP contribution is 2.27. The van der Waals surface area contributed by atoms with Crippen molar-refractivity contribution in [1.29, 1.82) is 0 Å². The lowest BCUT2D eigenvalue weighted by molar-refractivity contribution is -0.259. The minimum Gasteiger partial charge on any atom is -0.293 e. The van der Waals surface area contributed by atoms with Crippen molar-refractivity contribution in [3.05, 3.63) is 0 Å². The molecule has 0 spiro atoms. The summed E-state index contributed by atoms with van der Waals surface area (Å²) in [6.45, 7) is 8.57. The van der Waals surface area contributed by atoms with E-state index < -0.39 is 6.30 Å². The summed E-state index contributed by atoms with van der Waals surface area (Å²) in [6.07, 6.45) is -4.18. The van der Waals surface area contributed by atoms with E-state index in [1.807, 2.05) is 27.7 Å². The van der Waals surface area contributed by atoms with E-state index in [1.54, 1.807) is 0 Å². The zero-order valence-electron chi connectivity index (χ0n) is 9.73. The molecule has 1 heterocycles. The highest BCUT2D eigenvalue weighted by molar-refractivity contribution is 4.87. The maximum Gasteiger partial charge on any atom is 0.460 e. The Morgan fingerprint density at radius 3 is 1.93 bits per heavy atom. The largest absolute Gasteiger partial charge is 0.460 e. The van der Waals surface area contributed by atoms with Gasteiger partial charge in [0, 0.05) is 31.2 Å². The topological polar surface area (TPSA) is 6.48 Å². The zero-order valence-corrected chi connectivity index (χ0v) is 9.73. The van der Waals surface area contributed by atoms with Crippen LogP contribution in [0, 0.1) is 0 Å². The molecule has 0 aliphatic carbocycles. The van der Waals surface area contributed by atoms with Gasteiger partial charge in [-0.1, -0.05) is 0 Å². The maximum atomic E-state index is 12.4. The Morgan fingerprint density at radius 1 is 1.07 bits per heavy atom. The predicted octanol–water partition coefficient (Wildman–Crippen LogP) is 2.31. The molecule has 1 aliphatic rings. The fourth-order valence-electron chi connectivity index (χ4n) is 2.18. The molecule has 2 nitrogen and oxygen atoms in total. The van der Waals surface area contributed by atoms with Crippen LogP contribution in [-0.2, 0) is 0 Å². The van der Waals surface area contributed by atoms with E-state index in [0.29, 0.717) is 11.4 Å². The summed E-state index contributed by atoms with van der Waals surface area (Å²) in [4.78, 5) is 2.72. The van der Waals surface area contributed by atoms with E-state index in [9.17, 15) is 13.2 Å². The number of rotatable bonds is 0. The molecule has 5 heteroatoms. The second kappa shape index (κ2) is 3.94. The van der Waals surface area contributed by atoms with Gasteiger partial charge in [0.25, 0.3) is 0 Å². The lowest BCUT2D eigenvalue weighted by Gasteiger charge is -2.46. The quantitative estimate of drug-likeness (QED) is 0.583. The van der Waals surface area contributed by atoms with Crippen LogP contribution in [0.1, 0.15) is 27.7 Å². The van der Waals surface area contributed by atoms with E-state index in [1.165, 1.54) is 0 Å². The van der Waals surface area contributed by atoms with Crippen LogP contribution < -0.4 is 0 Å². The third-order valence-electron chi connectivity index (χ3n) is 2.85. The van der Waals surface area contributed by atoms with Gasteiger partial charge in [0.2, 0.25) is 0 Å². The maximum absolute atomic E-state index is 12.4. The lowest BCUT2D eigenvalue weighted by atomic mass is 10.0. The van der Waals surface area contributed by atoms with Crippen molar-refractivity contribution in [2.45, 2.75) is 45.6 Å². The van der Waals surface area contributed by atoms with Gasteiger partial charge in [0.1, 0.15) is 0 Å². The normalized spacial score (nSPS) is 27.0. The van der Waals surface area contributed by atoms with Crippen LogP contribution in [0.3, 0.4) is 0 Å². The van der Waals surface area contributed by atoms with Crippen molar-refractivity contribution < 1.29 is 13.2 Å². The van der Waals surface area contributed by atoms with Crippen LogP contribution in [-0.4, -0.2) is 47.3 Å². The average Bonchev–Trinajstić information content (AvgIpc) is 1.99. The van der Waals surface area contributed by atoms with Crippen molar-refractivity contribution in [2.75, 3.05) is 19.6 Å². The second-order valence-electron chi connectivity index (χ2n) is 5.13. The number of hydrogen-bond acceptors (Lipinski definition) is 2. The Hall–Kier alpha value is -0.290. The highest BCUT2D eigenvalue weighted by atomic mass is 19.4. The molecule has 0 bridgehead atoms. The molecule has 1 rings (SSSR count). The molecule has 0 aromatic heterocycles. The second-order valence-corrected chi connectivity index (χ2v) is 5.13. The van der Waals surface area contributed by atoms with Crippen LogP contribution >= 0.6 is 0 Å². The molecule has 0 N–H and O–H groups in total. The van der Waals surface area contributed by atoms with Crippen LogP contribution in [0.25, 0.3) is 0 Å². The summed E-state index contributed by atoms with van der Waals surface area (Å²) < 4.78 is 37.3. The first-order valence-electron chi connectivity index (χ1n) is 5.21. The average molecular weight is 224 g/mol. The van der Waals surface area contributed by atoms with Gasteiger partial charge in [-0.2, -0.15) is 13.2 Å². The molecule has 0 amide bonds. The molecular weight excluding hydrogens is 205 g/mol. The monoisotopic (exact) mass is 224 g/mol. The van der Waals surface area contributed by atoms with Crippen molar-refractivity contribution >= 4 is 0 Å². The van der Waals surface area contributed by atoms with Gasteiger partial charge in [-0.25, -0.2) is 4.90 Å². The zero-order chi connectivity index (χ0) is 11.9. The fraction of sp³-hybridized carbons (Fsp3) is 1.00. The van der Waals surface area contributed by atoms with Gasteiger partial charge < -0.3 is 0 Å². The Bertz CT molecular complexity index is 220. The number of hydrogen-bond donors (Lipinski definition) is 0. The van der Waals surface area contributed by atoms with Crippen molar-refractivity contribution in [3.63, 3.8) is 0 Å². The summed E-state index contributed by atoms with van der Waals surface area (Å²) in [5.74, 6) is 0. The molecule has 0 unspecified atom stereocenters. The van der Waals surface area contributed by atoms with Crippen LogP contribution in [0.4, 0.5) is 13.2 Å². The fourth-order valence-corrected chi connectivity index (χ4v) is 2.18. The summed E-state index contributed by atoms with van der Waals surface area (Å²) >= 11 is 0. The van der Waals surface area contributed by atoms with E-state index >= 15 is 0 Å². The third kappa shape index (κ3) is 3.08. The van der Waals surface area contributed by atoms with Crippen molar-refractivity contribution in [3.8, 4) is 0 Å². The van der Waals surface area contributed by atoms with E-state index in [4.69, 9.17) is 0 Å². The van der Waals surface area contributed by atoms with Gasteiger partial charge in [-0.05, 0) is 27.7 Å². The minimum absolute atomic E-state index is 0.0552. The molecule has 0 aromatic carbocycles. The number of halogens is 3. The molecule has 1 atom stereocenters. The standard InChI is InChI=1S/C10H19F3N2/c1-8-7-14(10(11,12)13)5-6-15(8)9(2,3)4/h8H,5-7H2,1-4H3/t8-/m0/s1. The minimum atomic E-state index is -4.18. The first-order valence-corrected chi connectivity index (χ1v) is 5.21. The molecule has 90 valence electrons. The van der Waals surface area contributed by atoms with Crippen LogP contribution in [0.5, 0.6) is 0 Å². The number of nitrogens with zero attached hydrogens (tertiary/aromatic N) is 2. The first kappa shape index (κ1) is 12.8. The molecule has 1 fully saturated rings. The third-order valence-corrected chi connectivity index (χ3v) is 2.85. The summed E-state index contributed by atoms with van der Waals surface area (Å²) in [5, 5.41) is 0. The number of alkyl halides is 3. The molecule has 1 saturated heterocycles. The van der Waals surface area contributed by atoms with Crippen molar-refractivity contribution in [1.82, 2.24) is 9.80 Å². The van der Waals surface area contributed by atoms with Crippen LogP contribution in [0.2, 0.25) is 0 Å². The Morgan fingerprint density at radius 2 is 1.60 bits per heavy atom. The molecule has 0 aromatic rings.